The molecule has 0 radical (unpaired) electrons. The average molecular weight is 338 g/mol. The van der Waals surface area contributed by atoms with Crippen molar-refractivity contribution in [3.8, 4) is 0 Å². The molecule has 0 amide bonds. The zero-order valence-corrected chi connectivity index (χ0v) is 15.2. The summed E-state index contributed by atoms with van der Waals surface area (Å²) >= 11 is 0. The fraction of sp³-hybridized carbons (Fsp3) is 0.455. The molecule has 2 aromatic rings. The van der Waals surface area contributed by atoms with Crippen LogP contribution in [0.5, 0.6) is 0 Å². The van der Waals surface area contributed by atoms with Gasteiger partial charge >= 0.3 is 0 Å². The number of hydrogen-bond donors (Lipinski definition) is 2. The van der Waals surface area contributed by atoms with Crippen molar-refractivity contribution in [2.24, 2.45) is 0 Å². The van der Waals surface area contributed by atoms with Crippen LogP contribution in [0.4, 0.5) is 5.69 Å². The Morgan fingerprint density at radius 1 is 1.04 bits per heavy atom. The lowest BCUT2D eigenvalue weighted by Crippen LogP contribution is -2.35. The molecular weight excluding hydrogens is 308 g/mol. The molecule has 1 saturated heterocycles. The number of piperidine rings is 1. The smallest absolute Gasteiger partial charge is 0.0564 e. The second-order valence-electron chi connectivity index (χ2n) is 7.06. The van der Waals surface area contributed by atoms with Gasteiger partial charge in [0.05, 0.1) is 12.1 Å². The van der Waals surface area contributed by atoms with Gasteiger partial charge in [0.15, 0.2) is 0 Å². The van der Waals surface area contributed by atoms with Crippen LogP contribution in [-0.2, 0) is 6.54 Å². The highest BCUT2D eigenvalue weighted by atomic mass is 16.3. The van der Waals surface area contributed by atoms with E-state index in [0.717, 1.165) is 45.3 Å². The molecule has 25 heavy (non-hydrogen) atoms. The summed E-state index contributed by atoms with van der Waals surface area (Å²) in [6.07, 6.45) is 3.93. The van der Waals surface area contributed by atoms with E-state index in [9.17, 15) is 5.11 Å². The summed E-state index contributed by atoms with van der Waals surface area (Å²) in [5.41, 5.74) is 3.92. The summed E-state index contributed by atoms with van der Waals surface area (Å²) in [7, 11) is 0. The lowest BCUT2D eigenvalue weighted by Gasteiger charge is -2.30. The minimum atomic E-state index is -0.114. The summed E-state index contributed by atoms with van der Waals surface area (Å²) in [6, 6.07) is 19.7. The molecule has 2 N–H and O–H groups in total. The van der Waals surface area contributed by atoms with Gasteiger partial charge in [-0.3, -0.25) is 4.90 Å². The second-order valence-corrected chi connectivity index (χ2v) is 7.06. The zero-order valence-electron chi connectivity index (χ0n) is 15.2. The first-order valence-corrected chi connectivity index (χ1v) is 9.56. The van der Waals surface area contributed by atoms with E-state index in [1.54, 1.807) is 0 Å². The SMILES string of the molecule is CCCC(Nc1ccccc1CN1CCC(O)CC1)c1ccccc1. The van der Waals surface area contributed by atoms with Crippen LogP contribution >= 0.6 is 0 Å². The summed E-state index contributed by atoms with van der Waals surface area (Å²) in [5, 5.41) is 13.5. The van der Waals surface area contributed by atoms with Crippen molar-refractivity contribution in [2.75, 3.05) is 18.4 Å². The van der Waals surface area contributed by atoms with Gasteiger partial charge in [0, 0.05) is 25.3 Å². The van der Waals surface area contributed by atoms with Gasteiger partial charge in [-0.1, -0.05) is 61.9 Å². The Labute approximate surface area is 151 Å². The van der Waals surface area contributed by atoms with Gasteiger partial charge in [-0.15, -0.1) is 0 Å². The van der Waals surface area contributed by atoms with Gasteiger partial charge in [-0.05, 0) is 36.5 Å². The predicted molar refractivity (Wildman–Crippen MR) is 105 cm³/mol. The maximum Gasteiger partial charge on any atom is 0.0564 e. The maximum absolute atomic E-state index is 9.71. The third kappa shape index (κ3) is 5.07. The zero-order chi connectivity index (χ0) is 17.5. The van der Waals surface area contributed by atoms with Crippen molar-refractivity contribution in [1.29, 1.82) is 0 Å². The van der Waals surface area contributed by atoms with E-state index < -0.39 is 0 Å². The van der Waals surface area contributed by atoms with Gasteiger partial charge in [0.1, 0.15) is 0 Å². The highest BCUT2D eigenvalue weighted by molar-refractivity contribution is 5.52. The van der Waals surface area contributed by atoms with Crippen molar-refractivity contribution >= 4 is 5.69 Å². The van der Waals surface area contributed by atoms with Gasteiger partial charge < -0.3 is 10.4 Å². The Morgan fingerprint density at radius 3 is 2.44 bits per heavy atom. The van der Waals surface area contributed by atoms with E-state index in [0.29, 0.717) is 6.04 Å². The quantitative estimate of drug-likeness (QED) is 0.775. The molecule has 1 atom stereocenters. The first-order valence-electron chi connectivity index (χ1n) is 9.56. The molecule has 3 heteroatoms. The van der Waals surface area contributed by atoms with Crippen LogP contribution in [0, 0.1) is 0 Å². The second kappa shape index (κ2) is 9.02. The van der Waals surface area contributed by atoms with Crippen LogP contribution in [0.15, 0.2) is 54.6 Å². The standard InChI is InChI=1S/C22H30N2O/c1-2-8-21(18-9-4-3-5-10-18)23-22-12-7-6-11-19(22)17-24-15-13-20(25)14-16-24/h3-7,9-12,20-21,23,25H,2,8,13-17H2,1H3. The Hall–Kier alpha value is -1.84. The monoisotopic (exact) mass is 338 g/mol. The number of benzene rings is 2. The largest absolute Gasteiger partial charge is 0.393 e. The lowest BCUT2D eigenvalue weighted by molar-refractivity contribution is 0.0793. The molecule has 1 fully saturated rings. The normalized spacial score (nSPS) is 17.4. The van der Waals surface area contributed by atoms with Crippen LogP contribution in [-0.4, -0.2) is 29.2 Å². The number of rotatable bonds is 7. The minimum Gasteiger partial charge on any atom is -0.393 e. The molecule has 3 rings (SSSR count). The molecular formula is C22H30N2O. The van der Waals surface area contributed by atoms with E-state index in [-0.39, 0.29) is 6.10 Å². The first-order chi connectivity index (χ1) is 12.3. The average Bonchev–Trinajstić information content (AvgIpc) is 2.65. The highest BCUT2D eigenvalue weighted by Gasteiger charge is 2.18. The predicted octanol–water partition coefficient (Wildman–Crippen LogP) is 4.60. The number of hydrogen-bond acceptors (Lipinski definition) is 3. The van der Waals surface area contributed by atoms with Gasteiger partial charge in [-0.25, -0.2) is 0 Å². The number of nitrogens with zero attached hydrogens (tertiary/aromatic N) is 1. The molecule has 0 saturated carbocycles. The van der Waals surface area contributed by atoms with Crippen LogP contribution in [0.1, 0.15) is 49.8 Å². The minimum absolute atomic E-state index is 0.114. The van der Waals surface area contributed by atoms with Gasteiger partial charge in [0.2, 0.25) is 0 Å². The number of aliphatic hydroxyl groups excluding tert-OH is 1. The molecule has 0 spiro atoms. The van der Waals surface area contributed by atoms with Gasteiger partial charge in [0.25, 0.3) is 0 Å². The van der Waals surface area contributed by atoms with E-state index in [1.807, 2.05) is 0 Å². The topological polar surface area (TPSA) is 35.5 Å². The third-order valence-corrected chi connectivity index (χ3v) is 5.08. The first kappa shape index (κ1) is 18.0. The molecule has 1 aliphatic heterocycles. The van der Waals surface area contributed by atoms with E-state index in [2.05, 4.69) is 71.7 Å². The summed E-state index contributed by atoms with van der Waals surface area (Å²) < 4.78 is 0. The Balaban J connectivity index is 1.73. The number of para-hydroxylation sites is 1. The fourth-order valence-electron chi connectivity index (χ4n) is 3.60. The molecule has 2 aromatic carbocycles. The molecule has 0 aromatic heterocycles. The highest BCUT2D eigenvalue weighted by Crippen LogP contribution is 2.27. The van der Waals surface area contributed by atoms with Crippen LogP contribution in [0.25, 0.3) is 0 Å². The molecule has 1 heterocycles. The maximum atomic E-state index is 9.71. The summed E-state index contributed by atoms with van der Waals surface area (Å²) in [5.74, 6) is 0. The van der Waals surface area contributed by atoms with Crippen molar-refractivity contribution in [3.05, 3.63) is 65.7 Å². The Morgan fingerprint density at radius 2 is 1.72 bits per heavy atom. The number of aliphatic hydroxyl groups is 1. The molecule has 1 unspecified atom stereocenters. The molecule has 134 valence electrons. The summed E-state index contributed by atoms with van der Waals surface area (Å²) in [4.78, 5) is 2.45. The van der Waals surface area contributed by atoms with Crippen molar-refractivity contribution in [1.82, 2.24) is 4.90 Å². The summed E-state index contributed by atoms with van der Waals surface area (Å²) in [6.45, 7) is 5.14. The van der Waals surface area contributed by atoms with E-state index in [1.165, 1.54) is 16.8 Å². The number of nitrogens with one attached hydrogen (secondary N) is 1. The van der Waals surface area contributed by atoms with Crippen LogP contribution in [0.2, 0.25) is 0 Å². The molecule has 0 aliphatic carbocycles. The van der Waals surface area contributed by atoms with Crippen molar-refractivity contribution in [2.45, 2.75) is 51.3 Å². The van der Waals surface area contributed by atoms with Gasteiger partial charge in [-0.2, -0.15) is 0 Å². The van der Waals surface area contributed by atoms with Crippen molar-refractivity contribution < 1.29 is 5.11 Å². The Bertz CT molecular complexity index is 635. The fourth-order valence-corrected chi connectivity index (χ4v) is 3.60. The Kier molecular flexibility index (Phi) is 6.48. The number of anilines is 1. The van der Waals surface area contributed by atoms with E-state index >= 15 is 0 Å². The van der Waals surface area contributed by atoms with E-state index in [4.69, 9.17) is 0 Å². The molecule has 0 bridgehead atoms. The number of likely N-dealkylation sites (tertiary alicyclic amines) is 1. The van der Waals surface area contributed by atoms with Crippen LogP contribution < -0.4 is 5.32 Å². The van der Waals surface area contributed by atoms with Crippen LogP contribution in [0.3, 0.4) is 0 Å². The lowest BCUT2D eigenvalue weighted by atomic mass is 10.0. The van der Waals surface area contributed by atoms with Crippen molar-refractivity contribution in [3.63, 3.8) is 0 Å². The molecule has 3 nitrogen and oxygen atoms in total. The molecule has 1 aliphatic rings. The third-order valence-electron chi connectivity index (χ3n) is 5.08.